The number of nitro benzene ring substituents is 1. The molecule has 7 heteroatoms. The number of non-ortho nitro benzene ring substituents is 1. The Morgan fingerprint density at radius 3 is 2.80 bits per heavy atom. The smallest absolute Gasteiger partial charge is 0.270 e. The molecule has 0 aliphatic heterocycles. The molecule has 102 valence electrons. The summed E-state index contributed by atoms with van der Waals surface area (Å²) in [5, 5.41) is 14.6. The van der Waals surface area contributed by atoms with Crippen molar-refractivity contribution in [1.82, 2.24) is 9.78 Å². The molecule has 0 N–H and O–H groups in total. The van der Waals surface area contributed by atoms with E-state index in [4.69, 9.17) is 0 Å². The van der Waals surface area contributed by atoms with Crippen LogP contribution in [0.4, 0.5) is 5.69 Å². The van der Waals surface area contributed by atoms with Crippen LogP contribution in [-0.4, -0.2) is 20.5 Å². The van der Waals surface area contributed by atoms with Gasteiger partial charge in [0.05, 0.1) is 10.6 Å². The van der Waals surface area contributed by atoms with E-state index >= 15 is 0 Å². The lowest BCUT2D eigenvalue weighted by atomic mass is 10.1. The number of rotatable bonds is 4. The maximum Gasteiger partial charge on any atom is 0.270 e. The van der Waals surface area contributed by atoms with Crippen molar-refractivity contribution in [1.29, 1.82) is 0 Å². The second-order valence-corrected chi connectivity index (χ2v) is 4.20. The lowest BCUT2D eigenvalue weighted by Gasteiger charge is -2.04. The van der Waals surface area contributed by atoms with E-state index in [-0.39, 0.29) is 17.8 Å². The van der Waals surface area contributed by atoms with Gasteiger partial charge in [-0.2, -0.15) is 5.10 Å². The van der Waals surface area contributed by atoms with Crippen LogP contribution < -0.4 is 5.56 Å². The molecule has 2 rings (SSSR count). The molecule has 2 aromatic rings. The second-order valence-electron chi connectivity index (χ2n) is 4.20. The van der Waals surface area contributed by atoms with Gasteiger partial charge in [0.1, 0.15) is 6.54 Å². The van der Waals surface area contributed by atoms with Gasteiger partial charge in [0.25, 0.3) is 11.2 Å². The van der Waals surface area contributed by atoms with Crippen molar-refractivity contribution in [2.75, 3.05) is 0 Å². The van der Waals surface area contributed by atoms with Gasteiger partial charge in [-0.3, -0.25) is 19.7 Å². The van der Waals surface area contributed by atoms with Crippen LogP contribution in [-0.2, 0) is 6.54 Å². The Morgan fingerprint density at radius 1 is 1.35 bits per heavy atom. The maximum atomic E-state index is 12.0. The molecular weight excluding hydrogens is 262 g/mol. The zero-order chi connectivity index (χ0) is 14.7. The van der Waals surface area contributed by atoms with E-state index in [2.05, 4.69) is 5.10 Å². The zero-order valence-corrected chi connectivity index (χ0v) is 10.6. The number of aromatic nitrogens is 2. The Labute approximate surface area is 113 Å². The molecule has 7 nitrogen and oxygen atoms in total. The van der Waals surface area contributed by atoms with E-state index in [1.807, 2.05) is 0 Å². The minimum atomic E-state index is -0.576. The normalized spacial score (nSPS) is 10.2. The van der Waals surface area contributed by atoms with Gasteiger partial charge in [0, 0.05) is 23.8 Å². The van der Waals surface area contributed by atoms with Gasteiger partial charge in [-0.15, -0.1) is 0 Å². The maximum absolute atomic E-state index is 12.0. The summed E-state index contributed by atoms with van der Waals surface area (Å²) in [4.78, 5) is 33.7. The molecule has 0 spiro atoms. The fourth-order valence-corrected chi connectivity index (χ4v) is 1.68. The number of hydrogen-bond acceptors (Lipinski definition) is 5. The van der Waals surface area contributed by atoms with E-state index in [9.17, 15) is 19.7 Å². The lowest BCUT2D eigenvalue weighted by Crippen LogP contribution is -2.26. The van der Waals surface area contributed by atoms with Crippen molar-refractivity contribution < 1.29 is 9.72 Å². The van der Waals surface area contributed by atoms with Crippen LogP contribution in [0, 0.1) is 17.0 Å². The molecule has 0 saturated heterocycles. The predicted molar refractivity (Wildman–Crippen MR) is 70.7 cm³/mol. The molecule has 0 atom stereocenters. The largest absolute Gasteiger partial charge is 0.292 e. The van der Waals surface area contributed by atoms with Crippen molar-refractivity contribution in [2.45, 2.75) is 13.5 Å². The monoisotopic (exact) mass is 273 g/mol. The van der Waals surface area contributed by atoms with E-state index in [0.717, 1.165) is 4.68 Å². The number of nitro groups is 1. The fourth-order valence-electron chi connectivity index (χ4n) is 1.68. The molecule has 0 radical (unpaired) electrons. The van der Waals surface area contributed by atoms with Crippen molar-refractivity contribution in [3.05, 3.63) is 68.1 Å². The molecular formula is C13H11N3O4. The molecule has 1 aromatic heterocycles. The minimum absolute atomic E-state index is 0.166. The van der Waals surface area contributed by atoms with Crippen LogP contribution in [0.2, 0.25) is 0 Å². The Morgan fingerprint density at radius 2 is 2.10 bits per heavy atom. The Balaban J connectivity index is 2.28. The van der Waals surface area contributed by atoms with Crippen LogP contribution in [0.1, 0.15) is 16.1 Å². The highest BCUT2D eigenvalue weighted by molar-refractivity contribution is 5.96. The van der Waals surface area contributed by atoms with E-state index in [1.54, 1.807) is 13.0 Å². The molecule has 0 aliphatic rings. The number of benzene rings is 1. The summed E-state index contributed by atoms with van der Waals surface area (Å²) in [5.74, 6) is -0.408. The highest BCUT2D eigenvalue weighted by Gasteiger charge is 2.13. The third kappa shape index (κ3) is 2.94. The van der Waals surface area contributed by atoms with Crippen LogP contribution in [0.5, 0.6) is 0 Å². The third-order valence-corrected chi connectivity index (χ3v) is 2.67. The van der Waals surface area contributed by atoms with Gasteiger partial charge < -0.3 is 0 Å². The zero-order valence-electron chi connectivity index (χ0n) is 10.6. The van der Waals surface area contributed by atoms with Crippen LogP contribution in [0.3, 0.4) is 0 Å². The summed E-state index contributed by atoms with van der Waals surface area (Å²) in [5.41, 5.74) is 0.223. The van der Waals surface area contributed by atoms with Crippen LogP contribution in [0.25, 0.3) is 0 Å². The predicted octanol–water partition coefficient (Wildman–Crippen LogP) is 1.34. The summed E-state index contributed by atoms with van der Waals surface area (Å²) in [6, 6.07) is 8.25. The Bertz CT molecular complexity index is 736. The van der Waals surface area contributed by atoms with Gasteiger partial charge in [-0.25, -0.2) is 4.68 Å². The third-order valence-electron chi connectivity index (χ3n) is 2.67. The SMILES string of the molecule is Cc1ccc(=O)n(CC(=O)c2cccc([N+](=O)[O-])c2)n1. The Kier molecular flexibility index (Phi) is 3.69. The number of hydrogen-bond donors (Lipinski definition) is 0. The molecule has 1 heterocycles. The summed E-state index contributed by atoms with van der Waals surface area (Å²) in [6.45, 7) is 1.45. The van der Waals surface area contributed by atoms with Gasteiger partial charge in [0.2, 0.25) is 0 Å². The summed E-state index contributed by atoms with van der Waals surface area (Å²) in [6.07, 6.45) is 0. The topological polar surface area (TPSA) is 95.1 Å². The number of ketones is 1. The molecule has 20 heavy (non-hydrogen) atoms. The highest BCUT2D eigenvalue weighted by atomic mass is 16.6. The minimum Gasteiger partial charge on any atom is -0.292 e. The highest BCUT2D eigenvalue weighted by Crippen LogP contribution is 2.13. The van der Waals surface area contributed by atoms with Crippen LogP contribution >= 0.6 is 0 Å². The van der Waals surface area contributed by atoms with Gasteiger partial charge in [-0.05, 0) is 13.0 Å². The number of nitrogens with zero attached hydrogens (tertiary/aromatic N) is 3. The van der Waals surface area contributed by atoms with E-state index < -0.39 is 16.3 Å². The molecule has 0 saturated carbocycles. The first-order valence-corrected chi connectivity index (χ1v) is 5.80. The van der Waals surface area contributed by atoms with Crippen molar-refractivity contribution in [3.8, 4) is 0 Å². The first kappa shape index (κ1) is 13.6. The fraction of sp³-hybridized carbons (Fsp3) is 0.154. The number of carbonyl (C=O) groups excluding carboxylic acids is 1. The lowest BCUT2D eigenvalue weighted by molar-refractivity contribution is -0.384. The van der Waals surface area contributed by atoms with Crippen LogP contribution in [0.15, 0.2) is 41.2 Å². The molecule has 0 fully saturated rings. The average molecular weight is 273 g/mol. The van der Waals surface area contributed by atoms with Gasteiger partial charge in [-0.1, -0.05) is 12.1 Å². The van der Waals surface area contributed by atoms with Gasteiger partial charge >= 0.3 is 0 Å². The quantitative estimate of drug-likeness (QED) is 0.476. The molecule has 1 aromatic carbocycles. The molecule has 0 aliphatic carbocycles. The second kappa shape index (κ2) is 5.43. The first-order valence-electron chi connectivity index (χ1n) is 5.80. The molecule has 0 amide bonds. The average Bonchev–Trinajstić information content (AvgIpc) is 2.43. The number of Topliss-reactive ketones (excluding diaryl/α,β-unsaturated/α-hetero) is 1. The molecule has 0 bridgehead atoms. The van der Waals surface area contributed by atoms with Crippen molar-refractivity contribution >= 4 is 11.5 Å². The first-order chi connectivity index (χ1) is 9.47. The number of carbonyl (C=O) groups is 1. The van der Waals surface area contributed by atoms with Crippen molar-refractivity contribution in [2.24, 2.45) is 0 Å². The Hall–Kier alpha value is -2.83. The van der Waals surface area contributed by atoms with Crippen molar-refractivity contribution in [3.63, 3.8) is 0 Å². The van der Waals surface area contributed by atoms with Gasteiger partial charge in [0.15, 0.2) is 5.78 Å². The summed E-state index contributed by atoms with van der Waals surface area (Å²) >= 11 is 0. The number of aryl methyl sites for hydroxylation is 1. The van der Waals surface area contributed by atoms with E-state index in [1.165, 1.54) is 30.3 Å². The summed E-state index contributed by atoms with van der Waals surface area (Å²) < 4.78 is 1.04. The van der Waals surface area contributed by atoms with E-state index in [0.29, 0.717) is 5.69 Å². The molecule has 0 unspecified atom stereocenters. The standard InChI is InChI=1S/C13H11N3O4/c1-9-5-6-13(18)15(14-9)8-12(17)10-3-2-4-11(7-10)16(19)20/h2-7H,8H2,1H3. The summed E-state index contributed by atoms with van der Waals surface area (Å²) in [7, 11) is 0.